The molecule has 0 fully saturated rings. The number of halogens is 1. The van der Waals surface area contributed by atoms with Crippen LogP contribution in [0.25, 0.3) is 11.0 Å². The van der Waals surface area contributed by atoms with Crippen molar-refractivity contribution in [3.63, 3.8) is 0 Å². The minimum Gasteiger partial charge on any atom is -0.495 e. The first-order valence-electron chi connectivity index (χ1n) is 8.81. The predicted octanol–water partition coefficient (Wildman–Crippen LogP) is 5.12. The number of hydrogen-bond acceptors (Lipinski definition) is 4. The fraction of sp³-hybridized carbons (Fsp3) is 0.286. The second kappa shape index (κ2) is 8.35. The summed E-state index contributed by atoms with van der Waals surface area (Å²) in [6.07, 6.45) is 0.344. The smallest absolute Gasteiger partial charge is 0.224 e. The first-order chi connectivity index (χ1) is 13.0. The molecule has 0 spiro atoms. The normalized spacial score (nSPS) is 12.0. The fourth-order valence-corrected chi connectivity index (χ4v) is 3.09. The van der Waals surface area contributed by atoms with Gasteiger partial charge in [-0.2, -0.15) is 0 Å². The number of fused-ring (bicyclic) bond motifs is 1. The van der Waals surface area contributed by atoms with Gasteiger partial charge < -0.3 is 19.4 Å². The number of anilines is 1. The molecule has 3 aromatic rings. The number of benzene rings is 2. The summed E-state index contributed by atoms with van der Waals surface area (Å²) in [7, 11) is 3.39. The highest BCUT2D eigenvalue weighted by Gasteiger charge is 2.20. The maximum Gasteiger partial charge on any atom is 0.224 e. The van der Waals surface area contributed by atoms with Crippen LogP contribution in [0.15, 0.2) is 52.9 Å². The number of nitrogens with zero attached hydrogens (tertiary/aromatic N) is 1. The van der Waals surface area contributed by atoms with E-state index in [0.717, 1.165) is 22.4 Å². The Morgan fingerprint density at radius 3 is 2.78 bits per heavy atom. The maximum absolute atomic E-state index is 12.6. The summed E-state index contributed by atoms with van der Waals surface area (Å²) >= 11 is 6.03. The Bertz CT molecular complexity index is 905. The number of carbonyl (C=O) groups excluding carboxylic acids is 1. The van der Waals surface area contributed by atoms with Gasteiger partial charge in [-0.05, 0) is 37.3 Å². The third-order valence-electron chi connectivity index (χ3n) is 4.65. The molecule has 0 bridgehead atoms. The van der Waals surface area contributed by atoms with Crippen molar-refractivity contribution in [2.75, 3.05) is 26.0 Å². The van der Waals surface area contributed by atoms with E-state index < -0.39 is 0 Å². The van der Waals surface area contributed by atoms with Crippen molar-refractivity contribution in [3.8, 4) is 5.75 Å². The van der Waals surface area contributed by atoms with E-state index in [4.69, 9.17) is 20.8 Å². The summed E-state index contributed by atoms with van der Waals surface area (Å²) < 4.78 is 11.2. The van der Waals surface area contributed by atoms with Crippen molar-refractivity contribution >= 4 is 34.2 Å². The molecule has 0 aliphatic carbocycles. The Morgan fingerprint density at radius 2 is 2.04 bits per heavy atom. The van der Waals surface area contributed by atoms with Crippen molar-refractivity contribution in [1.82, 2.24) is 4.90 Å². The van der Waals surface area contributed by atoms with E-state index in [1.54, 1.807) is 37.3 Å². The summed E-state index contributed by atoms with van der Waals surface area (Å²) in [5.41, 5.74) is 1.60. The molecule has 0 saturated heterocycles. The first kappa shape index (κ1) is 19.1. The third-order valence-corrected chi connectivity index (χ3v) is 4.88. The van der Waals surface area contributed by atoms with Gasteiger partial charge in [0.05, 0.1) is 18.8 Å². The molecule has 0 aliphatic heterocycles. The zero-order chi connectivity index (χ0) is 19.4. The lowest BCUT2D eigenvalue weighted by Crippen LogP contribution is -2.30. The molecule has 27 heavy (non-hydrogen) atoms. The minimum atomic E-state index is -0.148. The van der Waals surface area contributed by atoms with E-state index >= 15 is 0 Å². The van der Waals surface area contributed by atoms with Crippen LogP contribution in [0.4, 0.5) is 5.69 Å². The van der Waals surface area contributed by atoms with Crippen LogP contribution in [0, 0.1) is 0 Å². The zero-order valence-corrected chi connectivity index (χ0v) is 16.4. The highest BCUT2D eigenvalue weighted by molar-refractivity contribution is 6.30. The Balaban J connectivity index is 1.59. The van der Waals surface area contributed by atoms with Gasteiger partial charge in [-0.1, -0.05) is 29.8 Å². The Labute approximate surface area is 163 Å². The van der Waals surface area contributed by atoms with Crippen LogP contribution in [0.2, 0.25) is 5.02 Å². The molecule has 142 valence electrons. The number of hydrogen-bond donors (Lipinski definition) is 1. The predicted molar refractivity (Wildman–Crippen MR) is 109 cm³/mol. The van der Waals surface area contributed by atoms with Crippen molar-refractivity contribution in [2.45, 2.75) is 19.4 Å². The largest absolute Gasteiger partial charge is 0.495 e. The molecule has 0 saturated carbocycles. The summed E-state index contributed by atoms with van der Waals surface area (Å²) in [4.78, 5) is 14.3. The lowest BCUT2D eigenvalue weighted by Gasteiger charge is -2.23. The number of methoxy groups -OCH3 is 1. The fourth-order valence-electron chi connectivity index (χ4n) is 2.91. The number of amides is 1. The van der Waals surface area contributed by atoms with Crippen molar-refractivity contribution in [3.05, 3.63) is 59.3 Å². The van der Waals surface area contributed by atoms with Crippen LogP contribution in [-0.2, 0) is 4.79 Å². The van der Waals surface area contributed by atoms with E-state index in [1.165, 1.54) is 0 Å². The SMILES string of the molecule is COc1ccc(Cl)cc1NCCC(=O)N(C)C(C)c1cc2ccccc2o1. The average molecular weight is 387 g/mol. The van der Waals surface area contributed by atoms with Gasteiger partial charge in [-0.3, -0.25) is 4.79 Å². The minimum absolute atomic E-state index is 0.0245. The topological polar surface area (TPSA) is 54.7 Å². The number of ether oxygens (including phenoxy) is 1. The lowest BCUT2D eigenvalue weighted by atomic mass is 10.2. The Morgan fingerprint density at radius 1 is 1.26 bits per heavy atom. The summed E-state index contributed by atoms with van der Waals surface area (Å²) in [6, 6.07) is 15.0. The van der Waals surface area contributed by atoms with Crippen LogP contribution in [0.3, 0.4) is 0 Å². The number of rotatable bonds is 7. The van der Waals surface area contributed by atoms with Gasteiger partial charge in [0, 0.05) is 30.4 Å². The molecule has 1 heterocycles. The number of para-hydroxylation sites is 1. The monoisotopic (exact) mass is 386 g/mol. The lowest BCUT2D eigenvalue weighted by molar-refractivity contribution is -0.131. The molecule has 1 unspecified atom stereocenters. The molecule has 1 N–H and O–H groups in total. The maximum atomic E-state index is 12.6. The van der Waals surface area contributed by atoms with Gasteiger partial charge in [0.1, 0.15) is 17.1 Å². The second-order valence-electron chi connectivity index (χ2n) is 6.39. The van der Waals surface area contributed by atoms with Gasteiger partial charge in [0.25, 0.3) is 0 Å². The number of furan rings is 1. The molecule has 3 rings (SSSR count). The van der Waals surface area contributed by atoms with Crippen molar-refractivity contribution < 1.29 is 13.9 Å². The van der Waals surface area contributed by atoms with Crippen molar-refractivity contribution in [1.29, 1.82) is 0 Å². The molecule has 1 aromatic heterocycles. The number of nitrogens with one attached hydrogen (secondary N) is 1. The van der Waals surface area contributed by atoms with E-state index in [9.17, 15) is 4.79 Å². The quantitative estimate of drug-likeness (QED) is 0.612. The second-order valence-corrected chi connectivity index (χ2v) is 6.83. The van der Waals surface area contributed by atoms with Gasteiger partial charge in [-0.15, -0.1) is 0 Å². The molecule has 0 aliphatic rings. The van der Waals surface area contributed by atoms with Crippen LogP contribution in [-0.4, -0.2) is 31.5 Å². The highest BCUT2D eigenvalue weighted by Crippen LogP contribution is 2.28. The Hall–Kier alpha value is -2.66. The summed E-state index contributed by atoms with van der Waals surface area (Å²) in [6.45, 7) is 2.44. The van der Waals surface area contributed by atoms with Gasteiger partial charge in [0.15, 0.2) is 0 Å². The zero-order valence-electron chi connectivity index (χ0n) is 15.7. The molecule has 5 nitrogen and oxygen atoms in total. The van der Waals surface area contributed by atoms with E-state index in [1.807, 2.05) is 37.3 Å². The van der Waals surface area contributed by atoms with Gasteiger partial charge >= 0.3 is 0 Å². The van der Waals surface area contributed by atoms with Crippen LogP contribution < -0.4 is 10.1 Å². The average Bonchev–Trinajstić information content (AvgIpc) is 3.11. The standard InChI is InChI=1S/C21H23ClN2O3/c1-14(20-12-15-6-4-5-7-18(15)27-20)24(2)21(25)10-11-23-17-13-16(22)8-9-19(17)26-3/h4-9,12-14,23H,10-11H2,1-3H3. The first-order valence-corrected chi connectivity index (χ1v) is 9.19. The molecule has 6 heteroatoms. The molecule has 0 radical (unpaired) electrons. The van der Waals surface area contributed by atoms with Crippen LogP contribution >= 0.6 is 11.6 Å². The molecule has 2 aromatic carbocycles. The highest BCUT2D eigenvalue weighted by atomic mass is 35.5. The number of carbonyl (C=O) groups is 1. The van der Waals surface area contributed by atoms with E-state index in [-0.39, 0.29) is 11.9 Å². The summed E-state index contributed by atoms with van der Waals surface area (Å²) in [5.74, 6) is 1.49. The van der Waals surface area contributed by atoms with E-state index in [2.05, 4.69) is 5.32 Å². The van der Waals surface area contributed by atoms with Gasteiger partial charge in [0.2, 0.25) is 5.91 Å². The van der Waals surface area contributed by atoms with Gasteiger partial charge in [-0.25, -0.2) is 0 Å². The van der Waals surface area contributed by atoms with Crippen LogP contribution in [0.1, 0.15) is 25.1 Å². The van der Waals surface area contributed by atoms with Crippen molar-refractivity contribution in [2.24, 2.45) is 0 Å². The summed E-state index contributed by atoms with van der Waals surface area (Å²) in [5, 5.41) is 4.86. The molecule has 1 amide bonds. The molecular weight excluding hydrogens is 364 g/mol. The third kappa shape index (κ3) is 4.37. The van der Waals surface area contributed by atoms with Crippen LogP contribution in [0.5, 0.6) is 5.75 Å². The molecular formula is C21H23ClN2O3. The Kier molecular flexibility index (Phi) is 5.91. The molecule has 1 atom stereocenters. The van der Waals surface area contributed by atoms with E-state index in [0.29, 0.717) is 23.7 Å².